The van der Waals surface area contributed by atoms with E-state index in [1.54, 1.807) is 12.5 Å². The Balaban J connectivity index is 2.05. The van der Waals surface area contributed by atoms with Gasteiger partial charge in [-0.25, -0.2) is 9.78 Å². The molecule has 106 valence electrons. The van der Waals surface area contributed by atoms with Gasteiger partial charge < -0.3 is 14.6 Å². The van der Waals surface area contributed by atoms with Gasteiger partial charge in [0.05, 0.1) is 12.9 Å². The van der Waals surface area contributed by atoms with Crippen molar-refractivity contribution in [1.82, 2.24) is 20.2 Å². The third-order valence-corrected chi connectivity index (χ3v) is 2.45. The number of carbonyl (C=O) groups is 1. The number of amides is 1. The number of hydrogen-bond donors (Lipinski definition) is 2. The van der Waals surface area contributed by atoms with Crippen LogP contribution in [0.3, 0.4) is 0 Å². The molecule has 7 heteroatoms. The molecule has 19 heavy (non-hydrogen) atoms. The predicted molar refractivity (Wildman–Crippen MR) is 76.8 cm³/mol. The van der Waals surface area contributed by atoms with E-state index in [0.29, 0.717) is 24.2 Å². The average Bonchev–Trinajstić information content (AvgIpc) is 2.85. The maximum absolute atomic E-state index is 11.3. The van der Waals surface area contributed by atoms with Crippen molar-refractivity contribution in [3.8, 4) is 0 Å². The first-order chi connectivity index (χ1) is 9.08. The topological polar surface area (TPSA) is 68.2 Å². The number of alkyl carbamates (subject to hydrolysis) is 1. The molecular weight excluding hydrogens is 264 g/mol. The maximum atomic E-state index is 11.3. The van der Waals surface area contributed by atoms with Crippen LogP contribution in [0.1, 0.15) is 20.3 Å². The number of aryl methyl sites for hydroxylation is 1. The van der Waals surface area contributed by atoms with Crippen LogP contribution >= 0.6 is 12.2 Å². The van der Waals surface area contributed by atoms with Gasteiger partial charge in [-0.2, -0.15) is 0 Å². The lowest BCUT2D eigenvalue weighted by Gasteiger charge is -2.11. The summed E-state index contributed by atoms with van der Waals surface area (Å²) in [5.41, 5.74) is 0. The second-order valence-electron chi connectivity index (χ2n) is 4.53. The minimum Gasteiger partial charge on any atom is -0.449 e. The average molecular weight is 284 g/mol. The maximum Gasteiger partial charge on any atom is 0.413 e. The van der Waals surface area contributed by atoms with Crippen LogP contribution in [0.4, 0.5) is 4.79 Å². The molecule has 1 rings (SSSR count). The number of nitrogens with zero attached hydrogens (tertiary/aromatic N) is 2. The second-order valence-corrected chi connectivity index (χ2v) is 4.94. The molecule has 0 atom stereocenters. The van der Waals surface area contributed by atoms with E-state index in [4.69, 9.17) is 17.0 Å². The Labute approximate surface area is 118 Å². The molecule has 0 aromatic carbocycles. The van der Waals surface area contributed by atoms with E-state index in [0.717, 1.165) is 13.0 Å². The Morgan fingerprint density at radius 2 is 2.32 bits per heavy atom. The monoisotopic (exact) mass is 284 g/mol. The molecule has 1 aromatic heterocycles. The lowest BCUT2D eigenvalue weighted by Crippen LogP contribution is -2.40. The summed E-state index contributed by atoms with van der Waals surface area (Å²) in [6, 6.07) is 0. The zero-order valence-electron chi connectivity index (χ0n) is 11.3. The first-order valence-electron chi connectivity index (χ1n) is 6.25. The summed E-state index contributed by atoms with van der Waals surface area (Å²) in [6.45, 7) is 5.86. The number of nitrogens with one attached hydrogen (secondary N) is 2. The highest BCUT2D eigenvalue weighted by molar-refractivity contribution is 7.80. The third kappa shape index (κ3) is 7.40. The van der Waals surface area contributed by atoms with Crippen molar-refractivity contribution in [2.24, 2.45) is 5.92 Å². The normalized spacial score (nSPS) is 10.3. The lowest BCUT2D eigenvalue weighted by molar-refractivity contribution is 0.138. The van der Waals surface area contributed by atoms with Crippen molar-refractivity contribution in [2.45, 2.75) is 26.8 Å². The van der Waals surface area contributed by atoms with Gasteiger partial charge in [0.2, 0.25) is 0 Å². The highest BCUT2D eigenvalue weighted by Gasteiger charge is 2.05. The number of rotatable bonds is 6. The summed E-state index contributed by atoms with van der Waals surface area (Å²) in [5.74, 6) is 0.308. The van der Waals surface area contributed by atoms with Crippen molar-refractivity contribution in [3.05, 3.63) is 18.7 Å². The van der Waals surface area contributed by atoms with Gasteiger partial charge in [0.1, 0.15) is 0 Å². The Bertz CT molecular complexity index is 392. The largest absolute Gasteiger partial charge is 0.449 e. The molecule has 2 N–H and O–H groups in total. The number of aromatic nitrogens is 2. The van der Waals surface area contributed by atoms with E-state index < -0.39 is 6.09 Å². The summed E-state index contributed by atoms with van der Waals surface area (Å²) < 4.78 is 6.93. The molecule has 0 fully saturated rings. The first-order valence-corrected chi connectivity index (χ1v) is 6.66. The molecule has 0 bridgehead atoms. The minimum absolute atomic E-state index is 0.291. The van der Waals surface area contributed by atoms with Crippen molar-refractivity contribution in [2.75, 3.05) is 13.2 Å². The Morgan fingerprint density at radius 1 is 1.53 bits per heavy atom. The molecule has 0 aliphatic carbocycles. The first kappa shape index (κ1) is 15.4. The molecule has 1 aromatic rings. The molecule has 0 unspecified atom stereocenters. The molecule has 0 saturated carbocycles. The van der Waals surface area contributed by atoms with Crippen LogP contribution in [-0.4, -0.2) is 33.9 Å². The molecular formula is C12H20N4O2S. The fourth-order valence-corrected chi connectivity index (χ4v) is 1.48. The van der Waals surface area contributed by atoms with E-state index in [1.165, 1.54) is 0 Å². The zero-order chi connectivity index (χ0) is 14.1. The molecule has 1 amide bonds. The van der Waals surface area contributed by atoms with Crippen LogP contribution in [0.15, 0.2) is 18.7 Å². The van der Waals surface area contributed by atoms with E-state index in [-0.39, 0.29) is 0 Å². The van der Waals surface area contributed by atoms with Crippen LogP contribution in [-0.2, 0) is 11.3 Å². The smallest absolute Gasteiger partial charge is 0.413 e. The van der Waals surface area contributed by atoms with Crippen molar-refractivity contribution in [1.29, 1.82) is 0 Å². The van der Waals surface area contributed by atoms with Crippen molar-refractivity contribution in [3.63, 3.8) is 0 Å². The molecule has 0 spiro atoms. The van der Waals surface area contributed by atoms with Gasteiger partial charge in [-0.1, -0.05) is 13.8 Å². The molecule has 0 aliphatic rings. The standard InChI is InChI=1S/C12H20N4O2S/c1-10(2)8-18-12(17)15-11(19)14-4-3-6-16-7-5-13-9-16/h5,7,9-10H,3-4,6,8H2,1-2H3,(H2,14,15,17,19). The number of carbonyl (C=O) groups excluding carboxylic acids is 1. The van der Waals surface area contributed by atoms with E-state index in [9.17, 15) is 4.79 Å². The van der Waals surface area contributed by atoms with Crippen LogP contribution < -0.4 is 10.6 Å². The minimum atomic E-state index is -0.513. The second kappa shape index (κ2) is 8.47. The van der Waals surface area contributed by atoms with Crippen LogP contribution in [0.25, 0.3) is 0 Å². The van der Waals surface area contributed by atoms with Gasteiger partial charge in [-0.3, -0.25) is 5.32 Å². The van der Waals surface area contributed by atoms with Gasteiger partial charge in [-0.05, 0) is 24.6 Å². The van der Waals surface area contributed by atoms with Gasteiger partial charge in [-0.15, -0.1) is 0 Å². The van der Waals surface area contributed by atoms with E-state index in [1.807, 2.05) is 24.6 Å². The number of thiocarbonyl (C=S) groups is 1. The Kier molecular flexibility index (Phi) is 6.88. The fourth-order valence-electron chi connectivity index (χ4n) is 1.30. The van der Waals surface area contributed by atoms with Gasteiger partial charge in [0, 0.05) is 25.5 Å². The summed E-state index contributed by atoms with van der Waals surface area (Å²) in [4.78, 5) is 15.3. The number of ether oxygens (including phenoxy) is 1. The molecule has 1 heterocycles. The summed E-state index contributed by atoms with van der Waals surface area (Å²) in [7, 11) is 0. The van der Waals surface area contributed by atoms with Crippen molar-refractivity contribution >= 4 is 23.4 Å². The highest BCUT2D eigenvalue weighted by atomic mass is 32.1. The SMILES string of the molecule is CC(C)COC(=O)NC(=S)NCCCn1ccnc1. The molecule has 0 saturated heterocycles. The van der Waals surface area contributed by atoms with Crippen LogP contribution in [0.2, 0.25) is 0 Å². The van der Waals surface area contributed by atoms with Crippen LogP contribution in [0.5, 0.6) is 0 Å². The summed E-state index contributed by atoms with van der Waals surface area (Å²) in [6.07, 6.45) is 5.78. The van der Waals surface area contributed by atoms with Gasteiger partial charge >= 0.3 is 6.09 Å². The molecule has 0 aliphatic heterocycles. The quantitative estimate of drug-likeness (QED) is 0.612. The van der Waals surface area contributed by atoms with Crippen LogP contribution in [0, 0.1) is 5.92 Å². The summed E-state index contributed by atoms with van der Waals surface area (Å²) >= 11 is 4.98. The Hall–Kier alpha value is -1.63. The van der Waals surface area contributed by atoms with Crippen molar-refractivity contribution < 1.29 is 9.53 Å². The molecule has 6 nitrogen and oxygen atoms in total. The predicted octanol–water partition coefficient (Wildman–Crippen LogP) is 1.53. The summed E-state index contributed by atoms with van der Waals surface area (Å²) in [5, 5.41) is 5.71. The number of hydrogen-bond acceptors (Lipinski definition) is 4. The zero-order valence-corrected chi connectivity index (χ0v) is 12.1. The molecule has 0 radical (unpaired) electrons. The third-order valence-electron chi connectivity index (χ3n) is 2.20. The van der Waals surface area contributed by atoms with E-state index in [2.05, 4.69) is 15.6 Å². The Morgan fingerprint density at radius 3 is 2.95 bits per heavy atom. The fraction of sp³-hybridized carbons (Fsp3) is 0.583. The number of imidazole rings is 1. The lowest BCUT2D eigenvalue weighted by atomic mass is 10.2. The highest BCUT2D eigenvalue weighted by Crippen LogP contribution is 1.92. The van der Waals surface area contributed by atoms with Gasteiger partial charge in [0.25, 0.3) is 0 Å². The van der Waals surface area contributed by atoms with Gasteiger partial charge in [0.15, 0.2) is 5.11 Å². The van der Waals surface area contributed by atoms with E-state index >= 15 is 0 Å².